The Bertz CT molecular complexity index is 992. The molecule has 0 aliphatic heterocycles. The molecule has 132 valence electrons. The number of hydrazone groups is 1. The van der Waals surface area contributed by atoms with Gasteiger partial charge in [0.05, 0.1) is 12.8 Å². The van der Waals surface area contributed by atoms with Crippen LogP contribution in [0.25, 0.3) is 10.8 Å². The second-order valence-electron chi connectivity index (χ2n) is 5.49. The van der Waals surface area contributed by atoms with Gasteiger partial charge in [0.1, 0.15) is 5.75 Å². The topological polar surface area (TPSA) is 73.7 Å². The lowest BCUT2D eigenvalue weighted by molar-refractivity contribution is -0.119. The number of anilines is 1. The first-order chi connectivity index (χ1) is 12.5. The Balaban J connectivity index is 1.64. The molecule has 0 saturated carbocycles. The van der Waals surface area contributed by atoms with E-state index in [1.54, 1.807) is 24.3 Å². The van der Waals surface area contributed by atoms with Gasteiger partial charge < -0.3 is 10.4 Å². The van der Waals surface area contributed by atoms with E-state index in [0.717, 1.165) is 20.9 Å². The van der Waals surface area contributed by atoms with E-state index in [2.05, 4.69) is 31.8 Å². The van der Waals surface area contributed by atoms with Crippen LogP contribution in [-0.2, 0) is 4.79 Å². The van der Waals surface area contributed by atoms with Gasteiger partial charge in [-0.05, 0) is 51.0 Å². The van der Waals surface area contributed by atoms with Gasteiger partial charge in [0.2, 0.25) is 0 Å². The van der Waals surface area contributed by atoms with Crippen molar-refractivity contribution in [2.24, 2.45) is 5.10 Å². The average Bonchev–Trinajstić information content (AvgIpc) is 2.63. The van der Waals surface area contributed by atoms with E-state index >= 15 is 0 Å². The first-order valence-electron chi connectivity index (χ1n) is 7.76. The molecular formula is C19H15BrClN3O2. The Morgan fingerprint density at radius 1 is 1.19 bits per heavy atom. The lowest BCUT2D eigenvalue weighted by Crippen LogP contribution is -2.26. The van der Waals surface area contributed by atoms with Gasteiger partial charge in [-0.25, -0.2) is 5.43 Å². The standard InChI is InChI=1S/C19H15BrClN3O2/c20-16-9-13(21)6-7-17(16)22-11-19(26)24-23-10-15-14-4-2-1-3-12(14)5-8-18(15)25/h1-10,22,25H,11H2,(H,24,26). The zero-order valence-electron chi connectivity index (χ0n) is 13.5. The molecule has 0 radical (unpaired) electrons. The summed E-state index contributed by atoms with van der Waals surface area (Å²) in [5.41, 5.74) is 3.74. The van der Waals surface area contributed by atoms with Crippen LogP contribution in [0.5, 0.6) is 5.75 Å². The van der Waals surface area contributed by atoms with E-state index < -0.39 is 0 Å². The molecule has 3 rings (SSSR count). The maximum Gasteiger partial charge on any atom is 0.259 e. The van der Waals surface area contributed by atoms with Crippen LogP contribution < -0.4 is 10.7 Å². The van der Waals surface area contributed by atoms with Crippen molar-refractivity contribution < 1.29 is 9.90 Å². The van der Waals surface area contributed by atoms with Crippen LogP contribution in [0.15, 0.2) is 64.2 Å². The highest BCUT2D eigenvalue weighted by Gasteiger charge is 2.06. The summed E-state index contributed by atoms with van der Waals surface area (Å²) in [5, 5.41) is 19.4. The van der Waals surface area contributed by atoms with Crippen LogP contribution in [0.3, 0.4) is 0 Å². The summed E-state index contributed by atoms with van der Waals surface area (Å²) in [7, 11) is 0. The second-order valence-corrected chi connectivity index (χ2v) is 6.78. The molecule has 5 nitrogen and oxygen atoms in total. The fraction of sp³-hybridized carbons (Fsp3) is 0.0526. The van der Waals surface area contributed by atoms with Gasteiger partial charge >= 0.3 is 0 Å². The van der Waals surface area contributed by atoms with Gasteiger partial charge in [0.25, 0.3) is 5.91 Å². The lowest BCUT2D eigenvalue weighted by atomic mass is 10.0. The molecule has 3 aromatic carbocycles. The number of phenols is 1. The van der Waals surface area contributed by atoms with Crippen molar-refractivity contribution in [2.75, 3.05) is 11.9 Å². The summed E-state index contributed by atoms with van der Waals surface area (Å²) in [4.78, 5) is 11.9. The number of carbonyl (C=O) groups is 1. The minimum atomic E-state index is -0.317. The SMILES string of the molecule is O=C(CNc1ccc(Cl)cc1Br)NN=Cc1c(O)ccc2ccccc12. The average molecular weight is 433 g/mol. The molecule has 1 amide bonds. The van der Waals surface area contributed by atoms with Crippen molar-refractivity contribution >= 4 is 56.1 Å². The molecule has 3 N–H and O–H groups in total. The maximum absolute atomic E-state index is 11.9. The molecule has 0 aliphatic carbocycles. The number of carbonyl (C=O) groups excluding carboxylic acids is 1. The minimum Gasteiger partial charge on any atom is -0.507 e. The first-order valence-corrected chi connectivity index (χ1v) is 8.93. The van der Waals surface area contributed by atoms with Crippen LogP contribution in [0, 0.1) is 0 Å². The van der Waals surface area contributed by atoms with E-state index in [1.165, 1.54) is 6.21 Å². The zero-order chi connectivity index (χ0) is 18.5. The molecular weight excluding hydrogens is 418 g/mol. The summed E-state index contributed by atoms with van der Waals surface area (Å²) < 4.78 is 0.766. The molecule has 0 bridgehead atoms. The normalized spacial score (nSPS) is 11.0. The van der Waals surface area contributed by atoms with Gasteiger partial charge in [-0.1, -0.05) is 41.9 Å². The predicted molar refractivity (Wildman–Crippen MR) is 109 cm³/mol. The molecule has 0 atom stereocenters. The summed E-state index contributed by atoms with van der Waals surface area (Å²) in [5.74, 6) is -0.215. The largest absolute Gasteiger partial charge is 0.507 e. The zero-order valence-corrected chi connectivity index (χ0v) is 15.9. The Morgan fingerprint density at radius 3 is 2.81 bits per heavy atom. The number of nitrogens with one attached hydrogen (secondary N) is 2. The van der Waals surface area contributed by atoms with Crippen LogP contribution >= 0.6 is 27.5 Å². The number of amides is 1. The van der Waals surface area contributed by atoms with Crippen LogP contribution in [-0.4, -0.2) is 23.8 Å². The molecule has 3 aromatic rings. The smallest absolute Gasteiger partial charge is 0.259 e. The fourth-order valence-electron chi connectivity index (χ4n) is 2.44. The first kappa shape index (κ1) is 18.2. The number of fused-ring (bicyclic) bond motifs is 1. The number of aromatic hydroxyl groups is 1. The van der Waals surface area contributed by atoms with E-state index in [-0.39, 0.29) is 18.2 Å². The highest BCUT2D eigenvalue weighted by molar-refractivity contribution is 9.10. The van der Waals surface area contributed by atoms with Crippen molar-refractivity contribution in [3.63, 3.8) is 0 Å². The Kier molecular flexibility index (Phi) is 5.75. The molecule has 7 heteroatoms. The molecule has 0 heterocycles. The monoisotopic (exact) mass is 431 g/mol. The number of hydrogen-bond acceptors (Lipinski definition) is 4. The predicted octanol–water partition coefficient (Wildman–Crippen LogP) is 4.52. The summed E-state index contributed by atoms with van der Waals surface area (Å²) in [6, 6.07) is 16.3. The second kappa shape index (κ2) is 8.21. The van der Waals surface area contributed by atoms with Crippen LogP contribution in [0.1, 0.15) is 5.56 Å². The van der Waals surface area contributed by atoms with Crippen molar-refractivity contribution in [1.29, 1.82) is 0 Å². The molecule has 0 spiro atoms. The number of hydrogen-bond donors (Lipinski definition) is 3. The highest BCUT2D eigenvalue weighted by Crippen LogP contribution is 2.26. The van der Waals surface area contributed by atoms with Crippen LogP contribution in [0.2, 0.25) is 5.02 Å². The lowest BCUT2D eigenvalue weighted by Gasteiger charge is -2.08. The molecule has 0 unspecified atom stereocenters. The third-order valence-corrected chi connectivity index (χ3v) is 4.59. The Labute approximate surface area is 163 Å². The third kappa shape index (κ3) is 4.33. The van der Waals surface area contributed by atoms with Crippen molar-refractivity contribution in [2.45, 2.75) is 0 Å². The van der Waals surface area contributed by atoms with Gasteiger partial charge in [0.15, 0.2) is 0 Å². The van der Waals surface area contributed by atoms with Crippen LogP contribution in [0.4, 0.5) is 5.69 Å². The quantitative estimate of drug-likeness (QED) is 0.410. The summed E-state index contributed by atoms with van der Waals surface area (Å²) in [6.45, 7) is 0.0408. The van der Waals surface area contributed by atoms with Crippen molar-refractivity contribution in [1.82, 2.24) is 5.43 Å². The van der Waals surface area contributed by atoms with Gasteiger partial charge in [-0.15, -0.1) is 0 Å². The molecule has 0 aliphatic rings. The molecule has 0 fully saturated rings. The van der Waals surface area contributed by atoms with E-state index in [9.17, 15) is 9.90 Å². The third-order valence-electron chi connectivity index (χ3n) is 3.70. The molecule has 26 heavy (non-hydrogen) atoms. The Hall–Kier alpha value is -2.57. The highest BCUT2D eigenvalue weighted by atomic mass is 79.9. The summed E-state index contributed by atoms with van der Waals surface area (Å²) in [6.07, 6.45) is 1.44. The minimum absolute atomic E-state index is 0.0408. The number of nitrogens with zero attached hydrogens (tertiary/aromatic N) is 1. The van der Waals surface area contributed by atoms with E-state index in [0.29, 0.717) is 10.6 Å². The van der Waals surface area contributed by atoms with Gasteiger partial charge in [-0.3, -0.25) is 4.79 Å². The summed E-state index contributed by atoms with van der Waals surface area (Å²) >= 11 is 9.26. The molecule has 0 aromatic heterocycles. The number of benzene rings is 3. The molecule has 0 saturated heterocycles. The number of halogens is 2. The van der Waals surface area contributed by atoms with E-state index in [1.807, 2.05) is 30.3 Å². The van der Waals surface area contributed by atoms with Gasteiger partial charge in [-0.2, -0.15) is 5.10 Å². The fourth-order valence-corrected chi connectivity index (χ4v) is 3.26. The maximum atomic E-state index is 11.9. The Morgan fingerprint density at radius 2 is 2.00 bits per heavy atom. The number of phenolic OH excluding ortho intramolecular Hbond substituents is 1. The van der Waals surface area contributed by atoms with Crippen molar-refractivity contribution in [3.8, 4) is 5.75 Å². The van der Waals surface area contributed by atoms with Crippen molar-refractivity contribution in [3.05, 3.63) is 69.7 Å². The van der Waals surface area contributed by atoms with Gasteiger partial charge in [0, 0.05) is 20.7 Å². The number of rotatable bonds is 5. The van der Waals surface area contributed by atoms with E-state index in [4.69, 9.17) is 11.6 Å².